The van der Waals surface area contributed by atoms with E-state index < -0.39 is 6.04 Å². The van der Waals surface area contributed by atoms with Gasteiger partial charge in [-0.25, -0.2) is 4.79 Å². The van der Waals surface area contributed by atoms with E-state index in [-0.39, 0.29) is 11.7 Å². The molecule has 2 N–H and O–H groups in total. The molecule has 0 unspecified atom stereocenters. The number of methoxy groups -OCH3 is 1. The molecule has 0 radical (unpaired) electrons. The first-order chi connectivity index (χ1) is 8.70. The number of carbonyl (C=O) groups excluding carboxylic acids is 1. The van der Waals surface area contributed by atoms with Crippen LogP contribution in [0.3, 0.4) is 0 Å². The number of nitrogens with one attached hydrogen (secondary N) is 1. The van der Waals surface area contributed by atoms with Crippen LogP contribution in [0, 0.1) is 0 Å². The largest absolute Gasteiger partial charge is 0.508 e. The predicted octanol–water partition coefficient (Wildman–Crippen LogP) is 1.70. The highest BCUT2D eigenvalue weighted by atomic mass is 32.2. The average molecular weight is 267 g/mol. The molecule has 1 fully saturated rings. The van der Waals surface area contributed by atoms with Crippen molar-refractivity contribution in [3.63, 3.8) is 0 Å². The lowest BCUT2D eigenvalue weighted by Crippen LogP contribution is -2.37. The standard InChI is InChI=1S/C13H17NO3S/c1-17-13(16)12(14-10-6-7-18-8-10)9-2-4-11(15)5-3-9/h2-5,10,12,14-15H,6-8H2,1H3/t10-,12+/m1/s1. The van der Waals surface area contributed by atoms with Gasteiger partial charge in [-0.3, -0.25) is 5.32 Å². The van der Waals surface area contributed by atoms with E-state index in [9.17, 15) is 9.90 Å². The monoisotopic (exact) mass is 267 g/mol. The van der Waals surface area contributed by atoms with E-state index in [4.69, 9.17) is 4.74 Å². The molecule has 0 aliphatic carbocycles. The van der Waals surface area contributed by atoms with Gasteiger partial charge in [-0.2, -0.15) is 11.8 Å². The highest BCUT2D eigenvalue weighted by Crippen LogP contribution is 2.23. The van der Waals surface area contributed by atoms with Gasteiger partial charge in [-0.15, -0.1) is 0 Å². The number of carbonyl (C=O) groups is 1. The lowest BCUT2D eigenvalue weighted by atomic mass is 10.1. The minimum atomic E-state index is -0.459. The summed E-state index contributed by atoms with van der Waals surface area (Å²) in [7, 11) is 1.39. The van der Waals surface area contributed by atoms with Crippen molar-refractivity contribution >= 4 is 17.7 Å². The van der Waals surface area contributed by atoms with Crippen LogP contribution in [0.25, 0.3) is 0 Å². The first-order valence-corrected chi connectivity index (χ1v) is 7.06. The Hall–Kier alpha value is -1.20. The van der Waals surface area contributed by atoms with E-state index in [1.54, 1.807) is 24.3 Å². The summed E-state index contributed by atoms with van der Waals surface area (Å²) in [6.45, 7) is 0. The van der Waals surface area contributed by atoms with Gasteiger partial charge in [-0.1, -0.05) is 12.1 Å². The molecule has 2 atom stereocenters. The second-order valence-corrected chi connectivity index (χ2v) is 5.42. The molecule has 1 heterocycles. The summed E-state index contributed by atoms with van der Waals surface area (Å²) in [6.07, 6.45) is 1.07. The fraction of sp³-hybridized carbons (Fsp3) is 0.462. The number of benzene rings is 1. The molecule has 0 bridgehead atoms. The fourth-order valence-electron chi connectivity index (χ4n) is 1.99. The van der Waals surface area contributed by atoms with Crippen LogP contribution in [0.2, 0.25) is 0 Å². The maximum absolute atomic E-state index is 11.8. The first-order valence-electron chi connectivity index (χ1n) is 5.91. The zero-order valence-corrected chi connectivity index (χ0v) is 11.1. The number of hydrogen-bond donors (Lipinski definition) is 2. The summed E-state index contributed by atoms with van der Waals surface area (Å²) in [5.41, 5.74) is 0.816. The number of rotatable bonds is 4. The number of hydrogen-bond acceptors (Lipinski definition) is 5. The lowest BCUT2D eigenvalue weighted by Gasteiger charge is -2.20. The van der Waals surface area contributed by atoms with Crippen molar-refractivity contribution in [3.8, 4) is 5.75 Å². The van der Waals surface area contributed by atoms with Crippen molar-refractivity contribution in [3.05, 3.63) is 29.8 Å². The Balaban J connectivity index is 2.13. The van der Waals surface area contributed by atoms with Gasteiger partial charge < -0.3 is 9.84 Å². The van der Waals surface area contributed by atoms with Crippen LogP contribution in [0.15, 0.2) is 24.3 Å². The molecule has 98 valence electrons. The van der Waals surface area contributed by atoms with Gasteiger partial charge in [0, 0.05) is 11.8 Å². The third-order valence-corrected chi connectivity index (χ3v) is 4.16. The van der Waals surface area contributed by atoms with E-state index in [1.165, 1.54) is 7.11 Å². The summed E-state index contributed by atoms with van der Waals surface area (Å²) in [5.74, 6) is 2.04. The summed E-state index contributed by atoms with van der Waals surface area (Å²) in [6, 6.07) is 6.53. The summed E-state index contributed by atoms with van der Waals surface area (Å²) in [4.78, 5) is 11.8. The van der Waals surface area contributed by atoms with Gasteiger partial charge in [0.05, 0.1) is 7.11 Å². The molecule has 1 saturated heterocycles. The third-order valence-electron chi connectivity index (χ3n) is 3.00. The smallest absolute Gasteiger partial charge is 0.327 e. The molecule has 0 spiro atoms. The van der Waals surface area contributed by atoms with Crippen LogP contribution in [-0.4, -0.2) is 35.7 Å². The van der Waals surface area contributed by atoms with Gasteiger partial charge in [0.15, 0.2) is 0 Å². The highest BCUT2D eigenvalue weighted by molar-refractivity contribution is 7.99. The number of thioether (sulfide) groups is 1. The third kappa shape index (κ3) is 3.17. The summed E-state index contributed by atoms with van der Waals surface area (Å²) >= 11 is 1.89. The molecule has 1 aromatic rings. The SMILES string of the molecule is COC(=O)[C@@H](N[C@@H]1CCSC1)c1ccc(O)cc1. The Morgan fingerprint density at radius 1 is 1.50 bits per heavy atom. The lowest BCUT2D eigenvalue weighted by molar-refractivity contribution is -0.143. The van der Waals surface area contributed by atoms with Crippen molar-refractivity contribution in [1.82, 2.24) is 5.32 Å². The van der Waals surface area contributed by atoms with Gasteiger partial charge in [-0.05, 0) is 29.9 Å². The Morgan fingerprint density at radius 2 is 2.22 bits per heavy atom. The van der Waals surface area contributed by atoms with Crippen LogP contribution >= 0.6 is 11.8 Å². The van der Waals surface area contributed by atoms with E-state index in [0.29, 0.717) is 6.04 Å². The van der Waals surface area contributed by atoms with Crippen molar-refractivity contribution < 1.29 is 14.6 Å². The second kappa shape index (κ2) is 6.11. The maximum atomic E-state index is 11.8. The molecule has 5 heteroatoms. The Kier molecular flexibility index (Phi) is 4.49. The van der Waals surface area contributed by atoms with Crippen LogP contribution in [0.1, 0.15) is 18.0 Å². The van der Waals surface area contributed by atoms with Crippen molar-refractivity contribution in [2.45, 2.75) is 18.5 Å². The van der Waals surface area contributed by atoms with Crippen molar-refractivity contribution in [2.24, 2.45) is 0 Å². The van der Waals surface area contributed by atoms with E-state index >= 15 is 0 Å². The minimum Gasteiger partial charge on any atom is -0.508 e. The number of esters is 1. The Labute approximate surface area is 111 Å². The fourth-order valence-corrected chi connectivity index (χ4v) is 3.15. The van der Waals surface area contributed by atoms with Crippen LogP contribution in [0.4, 0.5) is 0 Å². The van der Waals surface area contributed by atoms with Crippen LogP contribution in [0.5, 0.6) is 5.75 Å². The molecule has 1 aliphatic heterocycles. The topological polar surface area (TPSA) is 58.6 Å². The van der Waals surface area contributed by atoms with E-state index in [2.05, 4.69) is 5.32 Å². The zero-order chi connectivity index (χ0) is 13.0. The van der Waals surface area contributed by atoms with E-state index in [1.807, 2.05) is 11.8 Å². The van der Waals surface area contributed by atoms with Crippen LogP contribution < -0.4 is 5.32 Å². The van der Waals surface area contributed by atoms with Gasteiger partial charge in [0.2, 0.25) is 0 Å². The van der Waals surface area contributed by atoms with Crippen LogP contribution in [-0.2, 0) is 9.53 Å². The molecule has 0 amide bonds. The average Bonchev–Trinajstić information content (AvgIpc) is 2.89. The summed E-state index contributed by atoms with van der Waals surface area (Å²) < 4.78 is 4.84. The normalized spacial score (nSPS) is 20.6. The van der Waals surface area contributed by atoms with Gasteiger partial charge in [0.25, 0.3) is 0 Å². The minimum absolute atomic E-state index is 0.193. The number of phenols is 1. The van der Waals surface area contributed by atoms with Gasteiger partial charge in [0.1, 0.15) is 11.8 Å². The van der Waals surface area contributed by atoms with Crippen molar-refractivity contribution in [1.29, 1.82) is 0 Å². The molecule has 0 saturated carbocycles. The number of ether oxygens (including phenoxy) is 1. The summed E-state index contributed by atoms with van der Waals surface area (Å²) in [5, 5.41) is 12.6. The molecule has 1 aliphatic rings. The molecule has 4 nitrogen and oxygen atoms in total. The maximum Gasteiger partial charge on any atom is 0.327 e. The number of phenolic OH excluding ortho intramolecular Hbond substituents is 1. The molecular weight excluding hydrogens is 250 g/mol. The quantitative estimate of drug-likeness (QED) is 0.813. The first kappa shape index (κ1) is 13.2. The Morgan fingerprint density at radius 3 is 2.78 bits per heavy atom. The molecule has 2 rings (SSSR count). The Bertz CT molecular complexity index is 401. The second-order valence-electron chi connectivity index (χ2n) is 4.27. The molecular formula is C13H17NO3S. The molecule has 0 aromatic heterocycles. The molecule has 1 aromatic carbocycles. The highest BCUT2D eigenvalue weighted by Gasteiger charge is 2.26. The predicted molar refractivity (Wildman–Crippen MR) is 71.7 cm³/mol. The van der Waals surface area contributed by atoms with Gasteiger partial charge >= 0.3 is 5.97 Å². The van der Waals surface area contributed by atoms with Crippen molar-refractivity contribution in [2.75, 3.05) is 18.6 Å². The number of aromatic hydroxyl groups is 1. The van der Waals surface area contributed by atoms with E-state index in [0.717, 1.165) is 23.5 Å². The molecule has 18 heavy (non-hydrogen) atoms. The zero-order valence-electron chi connectivity index (χ0n) is 10.3.